The minimum Gasteiger partial charge on any atom is -0.497 e. The van der Waals surface area contributed by atoms with Crippen molar-refractivity contribution < 1.29 is 23.9 Å². The standard InChI is InChI=1S/C37H41N5O5/c1-4-20-40(37(45)38-22-27-14-18-31(47-3)19-15-27)41-25-35(43)42-33(21-26-12-16-30(46-2)17-13-26)36(44)39(24-34(41)42)23-29-10-7-9-28-8-5-6-11-32(28)29/h5-19,33-34H,4,20-25H2,1-3H3,(H,38,45)/t33-,34+/m0/s1. The molecule has 10 heteroatoms. The van der Waals surface area contributed by atoms with Crippen LogP contribution < -0.4 is 14.8 Å². The molecule has 0 radical (unpaired) electrons. The maximum absolute atomic E-state index is 14.3. The summed E-state index contributed by atoms with van der Waals surface area (Å²) < 4.78 is 10.6. The van der Waals surface area contributed by atoms with Gasteiger partial charge < -0.3 is 24.6 Å². The van der Waals surface area contributed by atoms with Gasteiger partial charge >= 0.3 is 6.03 Å². The Morgan fingerprint density at radius 1 is 0.872 bits per heavy atom. The number of nitrogens with one attached hydrogen (secondary N) is 1. The molecule has 2 saturated heterocycles. The van der Waals surface area contributed by atoms with Gasteiger partial charge in [0.1, 0.15) is 23.7 Å². The van der Waals surface area contributed by atoms with Crippen LogP contribution in [-0.2, 0) is 29.1 Å². The maximum Gasteiger partial charge on any atom is 0.332 e. The number of nitrogens with zero attached hydrogens (tertiary/aromatic N) is 4. The predicted octanol–water partition coefficient (Wildman–Crippen LogP) is 4.82. The molecule has 2 aliphatic heterocycles. The first-order valence-electron chi connectivity index (χ1n) is 16.0. The normalized spacial score (nSPS) is 17.9. The van der Waals surface area contributed by atoms with Gasteiger partial charge in [-0.15, -0.1) is 0 Å². The van der Waals surface area contributed by atoms with E-state index in [2.05, 4.69) is 23.5 Å². The number of rotatable bonds is 11. The molecule has 4 aromatic rings. The Hall–Kier alpha value is -5.09. The Kier molecular flexibility index (Phi) is 9.58. The lowest BCUT2D eigenvalue weighted by Crippen LogP contribution is -2.66. The molecule has 4 aromatic carbocycles. The number of amides is 4. The van der Waals surface area contributed by atoms with Gasteiger partial charge in [0.25, 0.3) is 0 Å². The minimum absolute atomic E-state index is 0.00905. The first-order chi connectivity index (χ1) is 22.9. The summed E-state index contributed by atoms with van der Waals surface area (Å²) in [7, 11) is 3.23. The van der Waals surface area contributed by atoms with Gasteiger partial charge in [-0.1, -0.05) is 73.7 Å². The van der Waals surface area contributed by atoms with Crippen molar-refractivity contribution in [1.82, 2.24) is 25.1 Å². The van der Waals surface area contributed by atoms with Crippen LogP contribution in [0.25, 0.3) is 10.8 Å². The topological polar surface area (TPSA) is 94.7 Å². The van der Waals surface area contributed by atoms with Gasteiger partial charge in [0, 0.05) is 26.1 Å². The Bertz CT molecular complexity index is 1720. The van der Waals surface area contributed by atoms with Crippen molar-refractivity contribution in [3.8, 4) is 11.5 Å². The number of hydrogen-bond donors (Lipinski definition) is 1. The summed E-state index contributed by atoms with van der Waals surface area (Å²) in [4.78, 5) is 45.4. The molecule has 1 N–H and O–H groups in total. The fourth-order valence-electron chi connectivity index (χ4n) is 6.58. The fourth-order valence-corrected chi connectivity index (χ4v) is 6.58. The van der Waals surface area contributed by atoms with Crippen molar-refractivity contribution >= 4 is 28.6 Å². The molecule has 10 nitrogen and oxygen atoms in total. The van der Waals surface area contributed by atoms with Crippen LogP contribution in [0.5, 0.6) is 11.5 Å². The quantitative estimate of drug-likeness (QED) is 0.254. The summed E-state index contributed by atoms with van der Waals surface area (Å²) in [6, 6.07) is 28.4. The van der Waals surface area contributed by atoms with E-state index in [-0.39, 0.29) is 30.9 Å². The van der Waals surface area contributed by atoms with E-state index in [9.17, 15) is 14.4 Å². The molecule has 0 spiro atoms. The zero-order valence-electron chi connectivity index (χ0n) is 27.1. The van der Waals surface area contributed by atoms with Crippen molar-refractivity contribution in [2.24, 2.45) is 0 Å². The van der Waals surface area contributed by atoms with Crippen LogP contribution in [0.4, 0.5) is 4.79 Å². The number of fused-ring (bicyclic) bond motifs is 2. The summed E-state index contributed by atoms with van der Waals surface area (Å²) in [5, 5.41) is 8.71. The summed E-state index contributed by atoms with van der Waals surface area (Å²) in [5.74, 6) is 1.19. The summed E-state index contributed by atoms with van der Waals surface area (Å²) >= 11 is 0. The largest absolute Gasteiger partial charge is 0.497 e. The molecule has 0 aromatic heterocycles. The molecule has 2 aliphatic rings. The molecule has 0 saturated carbocycles. The number of hydrogen-bond acceptors (Lipinski definition) is 6. The summed E-state index contributed by atoms with van der Waals surface area (Å²) in [5.41, 5.74) is 2.88. The van der Waals surface area contributed by atoms with Crippen molar-refractivity contribution in [3.05, 3.63) is 108 Å². The molecule has 2 heterocycles. The Labute approximate surface area is 275 Å². The van der Waals surface area contributed by atoms with E-state index in [4.69, 9.17) is 9.47 Å². The van der Waals surface area contributed by atoms with Gasteiger partial charge in [-0.25, -0.2) is 4.79 Å². The lowest BCUT2D eigenvalue weighted by Gasteiger charge is -2.46. The van der Waals surface area contributed by atoms with E-state index < -0.39 is 12.2 Å². The van der Waals surface area contributed by atoms with Gasteiger partial charge in [0.2, 0.25) is 11.8 Å². The number of hydrazine groups is 1. The molecule has 2 fully saturated rings. The third-order valence-corrected chi connectivity index (χ3v) is 8.98. The van der Waals surface area contributed by atoms with Crippen molar-refractivity contribution in [2.75, 3.05) is 33.9 Å². The second kappa shape index (κ2) is 14.1. The van der Waals surface area contributed by atoms with Crippen LogP contribution in [-0.4, -0.2) is 83.7 Å². The Morgan fingerprint density at radius 3 is 2.21 bits per heavy atom. The number of methoxy groups -OCH3 is 2. The SMILES string of the molecule is CCCN(C(=O)NCc1ccc(OC)cc1)N1CC(=O)N2[C@@H](Cc3ccc(OC)cc3)C(=O)N(Cc3cccc4ccccc34)C[C@@H]21. The van der Waals surface area contributed by atoms with Crippen LogP contribution in [0, 0.1) is 0 Å². The Morgan fingerprint density at radius 2 is 1.53 bits per heavy atom. The van der Waals surface area contributed by atoms with Crippen molar-refractivity contribution in [1.29, 1.82) is 0 Å². The molecular weight excluding hydrogens is 594 g/mol. The lowest BCUT2D eigenvalue weighted by molar-refractivity contribution is -0.157. The van der Waals surface area contributed by atoms with Crippen LogP contribution in [0.1, 0.15) is 30.0 Å². The molecule has 4 amide bonds. The molecule has 2 atom stereocenters. The highest BCUT2D eigenvalue weighted by molar-refractivity contribution is 5.92. The van der Waals surface area contributed by atoms with Crippen LogP contribution in [0.15, 0.2) is 91.0 Å². The van der Waals surface area contributed by atoms with Gasteiger partial charge in [0.15, 0.2) is 0 Å². The van der Waals surface area contributed by atoms with E-state index >= 15 is 0 Å². The number of piperazine rings is 1. The second-order valence-electron chi connectivity index (χ2n) is 11.9. The van der Waals surface area contributed by atoms with E-state index in [0.717, 1.165) is 39.0 Å². The highest BCUT2D eigenvalue weighted by Gasteiger charge is 2.52. The van der Waals surface area contributed by atoms with Crippen LogP contribution in [0.2, 0.25) is 0 Å². The van der Waals surface area contributed by atoms with E-state index in [1.807, 2.05) is 89.6 Å². The minimum atomic E-state index is -0.722. The highest BCUT2D eigenvalue weighted by Crippen LogP contribution is 2.31. The van der Waals surface area contributed by atoms with Gasteiger partial charge in [-0.2, -0.15) is 5.01 Å². The predicted molar refractivity (Wildman–Crippen MR) is 179 cm³/mol. The zero-order valence-corrected chi connectivity index (χ0v) is 27.1. The number of benzene rings is 4. The molecule has 47 heavy (non-hydrogen) atoms. The van der Waals surface area contributed by atoms with Crippen molar-refractivity contribution in [3.63, 3.8) is 0 Å². The molecule has 0 unspecified atom stereocenters. The fraction of sp³-hybridized carbons (Fsp3) is 0.324. The average Bonchev–Trinajstić information content (AvgIpc) is 3.43. The number of carbonyl (C=O) groups is 3. The van der Waals surface area contributed by atoms with Crippen LogP contribution >= 0.6 is 0 Å². The average molecular weight is 636 g/mol. The Balaban J connectivity index is 1.29. The summed E-state index contributed by atoms with van der Waals surface area (Å²) in [6.07, 6.45) is 0.542. The molecule has 0 bridgehead atoms. The third-order valence-electron chi connectivity index (χ3n) is 8.98. The smallest absolute Gasteiger partial charge is 0.332 e. The maximum atomic E-state index is 14.3. The van der Waals surface area contributed by atoms with Gasteiger partial charge in [0.05, 0.1) is 27.3 Å². The first-order valence-corrected chi connectivity index (χ1v) is 16.0. The monoisotopic (exact) mass is 635 g/mol. The number of urea groups is 1. The lowest BCUT2D eigenvalue weighted by atomic mass is 9.99. The number of ether oxygens (including phenoxy) is 2. The molecular formula is C37H41N5O5. The molecule has 0 aliphatic carbocycles. The van der Waals surface area contributed by atoms with E-state index in [0.29, 0.717) is 32.5 Å². The second-order valence-corrected chi connectivity index (χ2v) is 11.9. The third kappa shape index (κ3) is 6.73. The van der Waals surface area contributed by atoms with E-state index in [1.165, 1.54) is 0 Å². The number of carbonyl (C=O) groups excluding carboxylic acids is 3. The van der Waals surface area contributed by atoms with Crippen LogP contribution in [0.3, 0.4) is 0 Å². The molecule has 244 valence electrons. The van der Waals surface area contributed by atoms with E-state index in [1.54, 1.807) is 24.1 Å². The molecule has 6 rings (SSSR count). The first kappa shape index (κ1) is 31.9. The van der Waals surface area contributed by atoms with Gasteiger partial charge in [-0.05, 0) is 58.1 Å². The van der Waals surface area contributed by atoms with Crippen molar-refractivity contribution in [2.45, 2.75) is 45.1 Å². The summed E-state index contributed by atoms with van der Waals surface area (Å²) in [6.45, 7) is 3.43. The van der Waals surface area contributed by atoms with Gasteiger partial charge in [-0.3, -0.25) is 14.6 Å². The zero-order chi connectivity index (χ0) is 32.9. The highest BCUT2D eigenvalue weighted by atomic mass is 16.5.